The van der Waals surface area contributed by atoms with E-state index in [2.05, 4.69) is 19.6 Å². The number of carbonyl (C=O) groups is 3. The second-order valence-electron chi connectivity index (χ2n) is 9.88. The molecule has 4 aliphatic rings. The van der Waals surface area contributed by atoms with Crippen molar-refractivity contribution in [3.63, 3.8) is 0 Å². The van der Waals surface area contributed by atoms with Gasteiger partial charge in [-0.1, -0.05) is 32.6 Å². The number of ketones is 2. The summed E-state index contributed by atoms with van der Waals surface area (Å²) in [6, 6.07) is 0. The Kier molecular flexibility index (Phi) is 4.36. The van der Waals surface area contributed by atoms with Crippen molar-refractivity contribution in [2.45, 2.75) is 65.1 Å². The molecule has 0 heterocycles. The van der Waals surface area contributed by atoms with Crippen LogP contribution >= 0.6 is 0 Å². The zero-order valence-corrected chi connectivity index (χ0v) is 17.7. The van der Waals surface area contributed by atoms with Crippen LogP contribution in [0.4, 0.5) is 0 Å². The van der Waals surface area contributed by atoms with Crippen molar-refractivity contribution in [2.24, 2.45) is 28.6 Å². The highest BCUT2D eigenvalue weighted by atomic mass is 16.6. The molecule has 0 aromatic heterocycles. The Balaban J connectivity index is 1.85. The molecule has 5 heteroatoms. The number of aliphatic hydroxyl groups excluding tert-OH is 1. The van der Waals surface area contributed by atoms with E-state index < -0.39 is 23.1 Å². The van der Waals surface area contributed by atoms with Crippen LogP contribution in [0, 0.1) is 28.6 Å². The fourth-order valence-electron chi connectivity index (χ4n) is 7.20. The fraction of sp³-hybridized carbons (Fsp3) is 0.625. The van der Waals surface area contributed by atoms with Crippen molar-refractivity contribution in [1.29, 1.82) is 0 Å². The van der Waals surface area contributed by atoms with Gasteiger partial charge in [-0.05, 0) is 60.7 Å². The van der Waals surface area contributed by atoms with E-state index in [9.17, 15) is 19.5 Å². The number of carbonyl (C=O) groups excluding carboxylic acids is 3. The number of Topliss-reactive ketones (excluding diaryl/α,β-unsaturated/α-hetero) is 1. The van der Waals surface area contributed by atoms with Crippen LogP contribution < -0.4 is 0 Å². The summed E-state index contributed by atoms with van der Waals surface area (Å²) in [4.78, 5) is 36.8. The first-order valence-electron chi connectivity index (χ1n) is 10.5. The van der Waals surface area contributed by atoms with E-state index in [0.29, 0.717) is 31.3 Å². The minimum Gasteiger partial charge on any atom is -0.446 e. The monoisotopic (exact) mass is 398 g/mol. The number of allylic oxidation sites excluding steroid dienone is 4. The van der Waals surface area contributed by atoms with Crippen LogP contribution in [0.5, 0.6) is 0 Å². The van der Waals surface area contributed by atoms with Crippen LogP contribution in [0.3, 0.4) is 0 Å². The van der Waals surface area contributed by atoms with Crippen LogP contribution in [0.15, 0.2) is 36.0 Å². The molecule has 0 unspecified atom stereocenters. The van der Waals surface area contributed by atoms with Crippen molar-refractivity contribution in [1.82, 2.24) is 0 Å². The highest BCUT2D eigenvalue weighted by Crippen LogP contribution is 2.68. The number of esters is 1. The minimum atomic E-state index is -1.40. The highest BCUT2D eigenvalue weighted by Gasteiger charge is 2.70. The molecule has 0 aromatic rings. The van der Waals surface area contributed by atoms with Crippen LogP contribution in [0.2, 0.25) is 0 Å². The average molecular weight is 398 g/mol. The Hall–Kier alpha value is -2.01. The predicted octanol–water partition coefficient (Wildman–Crippen LogP) is 3.32. The molecule has 7 atom stereocenters. The lowest BCUT2D eigenvalue weighted by Crippen LogP contribution is -2.62. The summed E-state index contributed by atoms with van der Waals surface area (Å²) < 4.78 is 5.74. The van der Waals surface area contributed by atoms with E-state index in [-0.39, 0.29) is 34.7 Å². The second kappa shape index (κ2) is 6.24. The van der Waals surface area contributed by atoms with Gasteiger partial charge in [-0.3, -0.25) is 14.4 Å². The van der Waals surface area contributed by atoms with E-state index in [1.165, 1.54) is 13.8 Å². The number of ether oxygens (including phenoxy) is 1. The standard InChI is InChI=1S/C24H30O5/c1-13-10-19-18-7-6-16-11-17(27)8-9-22(16,4)21(18)20(28)12-23(19,5)24(13,14(2)25)29-15(3)26/h6-7,11,18-21,28H,1,8-10,12H2,2-5H3/t18-,19-,20-,21+,22-,23-,24-/m0/s1. The summed E-state index contributed by atoms with van der Waals surface area (Å²) in [6.45, 7) is 11.0. The molecule has 0 amide bonds. The minimum absolute atomic E-state index is 0.0210. The van der Waals surface area contributed by atoms with Gasteiger partial charge in [-0.2, -0.15) is 0 Å². The van der Waals surface area contributed by atoms with Crippen molar-refractivity contribution in [3.8, 4) is 0 Å². The number of hydrogen-bond acceptors (Lipinski definition) is 5. The zero-order valence-electron chi connectivity index (χ0n) is 17.7. The summed E-state index contributed by atoms with van der Waals surface area (Å²) in [7, 11) is 0. The zero-order chi connectivity index (χ0) is 21.4. The lowest BCUT2D eigenvalue weighted by Gasteiger charge is -2.58. The highest BCUT2D eigenvalue weighted by molar-refractivity contribution is 5.93. The quantitative estimate of drug-likeness (QED) is 0.570. The van der Waals surface area contributed by atoms with Crippen LogP contribution in [0.1, 0.15) is 53.4 Å². The lowest BCUT2D eigenvalue weighted by atomic mass is 9.47. The van der Waals surface area contributed by atoms with E-state index >= 15 is 0 Å². The topological polar surface area (TPSA) is 80.7 Å². The summed E-state index contributed by atoms with van der Waals surface area (Å²) in [5.41, 5.74) is -0.790. The molecule has 29 heavy (non-hydrogen) atoms. The van der Waals surface area contributed by atoms with Gasteiger partial charge in [-0.15, -0.1) is 0 Å². The normalized spacial score (nSPS) is 45.8. The Labute approximate surface area is 171 Å². The van der Waals surface area contributed by atoms with Crippen LogP contribution in [-0.2, 0) is 19.1 Å². The number of hydrogen-bond donors (Lipinski definition) is 1. The molecule has 0 saturated heterocycles. The molecule has 0 aromatic carbocycles. The van der Waals surface area contributed by atoms with Gasteiger partial charge in [0.25, 0.3) is 0 Å². The van der Waals surface area contributed by atoms with Gasteiger partial charge < -0.3 is 9.84 Å². The Bertz CT molecular complexity index is 882. The van der Waals surface area contributed by atoms with E-state index in [1.807, 2.05) is 13.0 Å². The molecule has 156 valence electrons. The molecule has 0 spiro atoms. The first kappa shape index (κ1) is 20.3. The number of fused-ring (bicyclic) bond motifs is 5. The largest absolute Gasteiger partial charge is 0.446 e. The Morgan fingerprint density at radius 3 is 2.59 bits per heavy atom. The molecule has 0 radical (unpaired) electrons. The molecule has 5 nitrogen and oxygen atoms in total. The Morgan fingerprint density at radius 2 is 1.97 bits per heavy atom. The SMILES string of the molecule is C=C1C[C@H]2[C@@H]3C=CC4=CC(=O)CC[C@]4(C)[C@H]3[C@@H](O)C[C@]2(C)[C@@]1(OC(C)=O)C(C)=O. The Morgan fingerprint density at radius 1 is 1.28 bits per heavy atom. The van der Waals surface area contributed by atoms with Crippen molar-refractivity contribution < 1.29 is 24.2 Å². The van der Waals surface area contributed by atoms with Gasteiger partial charge in [0.1, 0.15) is 0 Å². The van der Waals surface area contributed by atoms with E-state index in [1.54, 1.807) is 6.08 Å². The van der Waals surface area contributed by atoms with Crippen LogP contribution in [-0.4, -0.2) is 34.3 Å². The van der Waals surface area contributed by atoms with Crippen LogP contribution in [0.25, 0.3) is 0 Å². The maximum absolute atomic E-state index is 12.9. The fourth-order valence-corrected chi connectivity index (χ4v) is 7.20. The van der Waals surface area contributed by atoms with Crippen molar-refractivity contribution >= 4 is 17.5 Å². The van der Waals surface area contributed by atoms with Crippen molar-refractivity contribution in [2.75, 3.05) is 0 Å². The molecular weight excluding hydrogens is 368 g/mol. The third kappa shape index (κ3) is 2.46. The van der Waals surface area contributed by atoms with Gasteiger partial charge in [0.2, 0.25) is 0 Å². The molecule has 1 N–H and O–H groups in total. The molecule has 2 saturated carbocycles. The summed E-state index contributed by atoms with van der Waals surface area (Å²) in [5, 5.41) is 11.4. The van der Waals surface area contributed by atoms with E-state index in [0.717, 1.165) is 5.57 Å². The van der Waals surface area contributed by atoms with Crippen molar-refractivity contribution in [3.05, 3.63) is 36.0 Å². The summed E-state index contributed by atoms with van der Waals surface area (Å²) >= 11 is 0. The maximum atomic E-state index is 12.9. The van der Waals surface area contributed by atoms with Gasteiger partial charge in [0.05, 0.1) is 6.10 Å². The molecule has 4 aliphatic carbocycles. The molecule has 2 fully saturated rings. The first-order chi connectivity index (χ1) is 13.5. The smallest absolute Gasteiger partial charge is 0.303 e. The number of aliphatic hydroxyl groups is 1. The summed E-state index contributed by atoms with van der Waals surface area (Å²) in [5.74, 6) is -0.607. The second-order valence-corrected chi connectivity index (χ2v) is 9.88. The van der Waals surface area contributed by atoms with Gasteiger partial charge in [0, 0.05) is 24.7 Å². The predicted molar refractivity (Wildman–Crippen MR) is 108 cm³/mol. The lowest BCUT2D eigenvalue weighted by molar-refractivity contribution is -0.188. The average Bonchev–Trinajstić information content (AvgIpc) is 2.83. The molecule has 0 aliphatic heterocycles. The van der Waals surface area contributed by atoms with Gasteiger partial charge in [0.15, 0.2) is 17.2 Å². The molecular formula is C24H30O5. The maximum Gasteiger partial charge on any atom is 0.303 e. The third-order valence-corrected chi connectivity index (χ3v) is 8.41. The summed E-state index contributed by atoms with van der Waals surface area (Å²) in [6.07, 6.45) is 7.32. The first-order valence-corrected chi connectivity index (χ1v) is 10.5. The number of rotatable bonds is 2. The van der Waals surface area contributed by atoms with Gasteiger partial charge >= 0.3 is 5.97 Å². The third-order valence-electron chi connectivity index (χ3n) is 8.41. The van der Waals surface area contributed by atoms with E-state index in [4.69, 9.17) is 4.74 Å². The molecule has 0 bridgehead atoms. The van der Waals surface area contributed by atoms with Gasteiger partial charge in [-0.25, -0.2) is 0 Å². The molecule has 4 rings (SSSR count).